The van der Waals surface area contributed by atoms with Gasteiger partial charge in [-0.3, -0.25) is 0 Å². The monoisotopic (exact) mass is 253 g/mol. The van der Waals surface area contributed by atoms with Crippen LogP contribution < -0.4 is 0 Å². The Labute approximate surface area is 111 Å². The van der Waals surface area contributed by atoms with E-state index >= 15 is 0 Å². The highest BCUT2D eigenvalue weighted by Gasteiger charge is 2.55. The van der Waals surface area contributed by atoms with Crippen LogP contribution in [0.15, 0.2) is 0 Å². The number of hydrogen-bond acceptors (Lipinski definition) is 2. The summed E-state index contributed by atoms with van der Waals surface area (Å²) < 4.78 is 5.54. The summed E-state index contributed by atoms with van der Waals surface area (Å²) in [4.78, 5) is 14.3. The zero-order valence-electron chi connectivity index (χ0n) is 12.5. The highest BCUT2D eigenvalue weighted by Crippen LogP contribution is 2.58. The molecule has 1 atom stereocenters. The molecule has 3 nitrogen and oxygen atoms in total. The van der Waals surface area contributed by atoms with Crippen LogP contribution in [0, 0.1) is 11.3 Å². The molecular weight excluding hydrogens is 226 g/mol. The van der Waals surface area contributed by atoms with Crippen molar-refractivity contribution < 1.29 is 9.53 Å². The van der Waals surface area contributed by atoms with Gasteiger partial charge in [0.2, 0.25) is 0 Å². The molecule has 1 saturated carbocycles. The Bertz CT molecular complexity index is 326. The lowest BCUT2D eigenvalue weighted by molar-refractivity contribution is 0.0128. The number of hydrogen-bond donors (Lipinski definition) is 0. The summed E-state index contributed by atoms with van der Waals surface area (Å²) >= 11 is 0. The van der Waals surface area contributed by atoms with Crippen molar-refractivity contribution >= 4 is 6.09 Å². The van der Waals surface area contributed by atoms with Crippen LogP contribution in [0.5, 0.6) is 0 Å². The second kappa shape index (κ2) is 4.43. The van der Waals surface area contributed by atoms with E-state index in [9.17, 15) is 4.79 Å². The maximum atomic E-state index is 12.3. The Morgan fingerprint density at radius 2 is 1.94 bits per heavy atom. The van der Waals surface area contributed by atoms with E-state index in [1.807, 2.05) is 25.7 Å². The maximum Gasteiger partial charge on any atom is 0.410 e. The van der Waals surface area contributed by atoms with Gasteiger partial charge < -0.3 is 9.64 Å². The smallest absolute Gasteiger partial charge is 0.410 e. The predicted octanol–water partition coefficient (Wildman–Crippen LogP) is 3.82. The molecule has 1 saturated heterocycles. The number of carbonyl (C=O) groups excluding carboxylic acids is 1. The summed E-state index contributed by atoms with van der Waals surface area (Å²) in [6, 6.07) is 0.410. The summed E-state index contributed by atoms with van der Waals surface area (Å²) in [6.45, 7) is 11.3. The van der Waals surface area contributed by atoms with Gasteiger partial charge in [0.05, 0.1) is 0 Å². The molecule has 1 aliphatic carbocycles. The van der Waals surface area contributed by atoms with Crippen molar-refractivity contribution in [1.82, 2.24) is 4.90 Å². The first-order chi connectivity index (χ1) is 8.26. The van der Waals surface area contributed by atoms with E-state index in [-0.39, 0.29) is 6.09 Å². The van der Waals surface area contributed by atoms with Crippen molar-refractivity contribution in [3.8, 4) is 0 Å². The first kappa shape index (κ1) is 13.7. The van der Waals surface area contributed by atoms with Crippen LogP contribution >= 0.6 is 0 Å². The van der Waals surface area contributed by atoms with Gasteiger partial charge in [0.15, 0.2) is 0 Å². The molecule has 2 aliphatic rings. The van der Waals surface area contributed by atoms with E-state index in [1.54, 1.807) is 0 Å². The predicted molar refractivity (Wildman–Crippen MR) is 72.5 cm³/mol. The third-order valence-corrected chi connectivity index (χ3v) is 4.52. The van der Waals surface area contributed by atoms with Gasteiger partial charge in [0.1, 0.15) is 5.60 Å². The van der Waals surface area contributed by atoms with E-state index in [2.05, 4.69) is 13.8 Å². The molecule has 1 heterocycles. The highest BCUT2D eigenvalue weighted by atomic mass is 16.6. The molecule has 0 N–H and O–H groups in total. The molecule has 3 heteroatoms. The van der Waals surface area contributed by atoms with Gasteiger partial charge >= 0.3 is 6.09 Å². The summed E-state index contributed by atoms with van der Waals surface area (Å²) in [5.41, 5.74) is -0.00777. The third kappa shape index (κ3) is 2.50. The number of amides is 1. The van der Waals surface area contributed by atoms with Gasteiger partial charge in [-0.2, -0.15) is 0 Å². The second-order valence-electron chi connectivity index (χ2n) is 7.22. The minimum Gasteiger partial charge on any atom is -0.444 e. The van der Waals surface area contributed by atoms with E-state index in [0.717, 1.165) is 19.4 Å². The van der Waals surface area contributed by atoms with Gasteiger partial charge in [0.25, 0.3) is 0 Å². The number of nitrogens with zero attached hydrogens (tertiary/aromatic N) is 1. The van der Waals surface area contributed by atoms with Gasteiger partial charge in [-0.15, -0.1) is 0 Å². The molecule has 0 bridgehead atoms. The topological polar surface area (TPSA) is 29.5 Å². The molecule has 0 aromatic heterocycles. The van der Waals surface area contributed by atoms with Crippen molar-refractivity contribution in [2.45, 2.75) is 71.9 Å². The maximum absolute atomic E-state index is 12.3. The van der Waals surface area contributed by atoms with Crippen LogP contribution in [0.1, 0.15) is 60.3 Å². The molecule has 0 aromatic carbocycles. The highest BCUT2D eigenvalue weighted by molar-refractivity contribution is 5.69. The van der Waals surface area contributed by atoms with Crippen LogP contribution in [-0.2, 0) is 4.74 Å². The van der Waals surface area contributed by atoms with E-state index < -0.39 is 5.60 Å². The molecule has 0 spiro atoms. The van der Waals surface area contributed by atoms with Crippen LogP contribution in [0.2, 0.25) is 0 Å². The van der Waals surface area contributed by atoms with Crippen LogP contribution in [0.4, 0.5) is 4.79 Å². The molecule has 2 rings (SSSR count). The lowest BCUT2D eigenvalue weighted by Gasteiger charge is -2.35. The number of likely N-dealkylation sites (tertiary alicyclic amines) is 1. The SMILES string of the molecule is CC(C)C1(C2CCCN2C(=O)OC(C)(C)C)CC1. The first-order valence-corrected chi connectivity index (χ1v) is 7.26. The summed E-state index contributed by atoms with van der Waals surface area (Å²) in [5.74, 6) is 0.658. The minimum absolute atomic E-state index is 0.114. The normalized spacial score (nSPS) is 26.6. The van der Waals surface area contributed by atoms with Gasteiger partial charge in [-0.1, -0.05) is 13.8 Å². The van der Waals surface area contributed by atoms with Crippen molar-refractivity contribution in [1.29, 1.82) is 0 Å². The van der Waals surface area contributed by atoms with Crippen LogP contribution in [-0.4, -0.2) is 29.2 Å². The number of rotatable bonds is 2. The molecule has 0 radical (unpaired) electrons. The summed E-state index contributed by atoms with van der Waals surface area (Å²) in [6.07, 6.45) is 4.70. The summed E-state index contributed by atoms with van der Waals surface area (Å²) in [7, 11) is 0. The van der Waals surface area contributed by atoms with Gasteiger partial charge in [-0.25, -0.2) is 4.79 Å². The van der Waals surface area contributed by atoms with Crippen molar-refractivity contribution in [2.24, 2.45) is 11.3 Å². The van der Waals surface area contributed by atoms with E-state index in [1.165, 1.54) is 12.8 Å². The number of carbonyl (C=O) groups is 1. The average Bonchev–Trinajstić information content (AvgIpc) is 2.87. The Hall–Kier alpha value is -0.730. The van der Waals surface area contributed by atoms with E-state index in [0.29, 0.717) is 17.4 Å². The molecular formula is C15H27NO2. The fourth-order valence-corrected chi connectivity index (χ4v) is 3.34. The molecule has 1 unspecified atom stereocenters. The number of ether oxygens (including phenoxy) is 1. The Kier molecular flexibility index (Phi) is 3.37. The van der Waals surface area contributed by atoms with Crippen LogP contribution in [0.25, 0.3) is 0 Å². The average molecular weight is 253 g/mol. The van der Waals surface area contributed by atoms with Crippen molar-refractivity contribution in [3.05, 3.63) is 0 Å². The molecule has 1 amide bonds. The first-order valence-electron chi connectivity index (χ1n) is 7.26. The Morgan fingerprint density at radius 1 is 1.33 bits per heavy atom. The standard InChI is InChI=1S/C15H27NO2/c1-11(2)15(8-9-15)12-7-6-10-16(12)13(17)18-14(3,4)5/h11-12H,6-10H2,1-5H3. The molecule has 2 fully saturated rings. The lowest BCUT2D eigenvalue weighted by atomic mass is 9.83. The lowest BCUT2D eigenvalue weighted by Crippen LogP contribution is -2.45. The van der Waals surface area contributed by atoms with Crippen LogP contribution in [0.3, 0.4) is 0 Å². The quantitative estimate of drug-likeness (QED) is 0.748. The molecule has 0 aromatic rings. The Morgan fingerprint density at radius 3 is 2.39 bits per heavy atom. The molecule has 1 aliphatic heterocycles. The van der Waals surface area contributed by atoms with Gasteiger partial charge in [0, 0.05) is 12.6 Å². The Balaban J connectivity index is 2.07. The van der Waals surface area contributed by atoms with E-state index in [4.69, 9.17) is 4.74 Å². The fraction of sp³-hybridized carbons (Fsp3) is 0.933. The molecule has 18 heavy (non-hydrogen) atoms. The largest absolute Gasteiger partial charge is 0.444 e. The summed E-state index contributed by atoms with van der Waals surface area (Å²) in [5, 5.41) is 0. The second-order valence-corrected chi connectivity index (χ2v) is 7.22. The van der Waals surface area contributed by atoms with Crippen molar-refractivity contribution in [3.63, 3.8) is 0 Å². The third-order valence-electron chi connectivity index (χ3n) is 4.52. The fourth-order valence-electron chi connectivity index (χ4n) is 3.34. The van der Waals surface area contributed by atoms with Gasteiger partial charge in [-0.05, 0) is 57.8 Å². The molecule has 104 valence electrons. The zero-order valence-corrected chi connectivity index (χ0v) is 12.5. The minimum atomic E-state index is -0.390. The van der Waals surface area contributed by atoms with Crippen molar-refractivity contribution in [2.75, 3.05) is 6.54 Å². The zero-order chi connectivity index (χ0) is 13.6.